The molecule has 1 heterocycles. The number of hydrogen-bond acceptors (Lipinski definition) is 5. The average Bonchev–Trinajstić information content (AvgIpc) is 2.60. The number of nitrogens with two attached hydrogens (primary N) is 1. The first-order valence-corrected chi connectivity index (χ1v) is 7.87. The van der Waals surface area contributed by atoms with Crippen LogP contribution in [0.25, 0.3) is 0 Å². The van der Waals surface area contributed by atoms with E-state index in [1.54, 1.807) is 12.1 Å². The number of hydrogen-bond donors (Lipinski definition) is 2. The predicted octanol–water partition coefficient (Wildman–Crippen LogP) is 4.22. The zero-order chi connectivity index (χ0) is 17.8. The Balaban J connectivity index is 1.75. The Bertz CT molecular complexity index is 881. The molecule has 0 bridgehead atoms. The van der Waals surface area contributed by atoms with Gasteiger partial charge in [-0.3, -0.25) is 0 Å². The topological polar surface area (TPSA) is 73.1 Å². The number of benzene rings is 2. The molecule has 6 heteroatoms. The summed E-state index contributed by atoms with van der Waals surface area (Å²) in [5.41, 5.74) is 9.66. The summed E-state index contributed by atoms with van der Waals surface area (Å²) >= 11 is 0. The van der Waals surface area contributed by atoms with E-state index in [2.05, 4.69) is 15.3 Å². The van der Waals surface area contributed by atoms with Gasteiger partial charge in [0.1, 0.15) is 23.6 Å². The molecular weight excluding hydrogens is 319 g/mol. The third kappa shape index (κ3) is 4.03. The molecule has 3 rings (SSSR count). The summed E-state index contributed by atoms with van der Waals surface area (Å²) in [6, 6.07) is 12.0. The van der Waals surface area contributed by atoms with E-state index in [1.165, 1.54) is 24.0 Å². The molecule has 0 saturated heterocycles. The maximum Gasteiger partial charge on any atom is 0.248 e. The highest BCUT2D eigenvalue weighted by atomic mass is 19.1. The first-order valence-electron chi connectivity index (χ1n) is 7.87. The fourth-order valence-electron chi connectivity index (χ4n) is 2.28. The van der Waals surface area contributed by atoms with Crippen LogP contribution in [0.3, 0.4) is 0 Å². The molecule has 0 aliphatic carbocycles. The highest BCUT2D eigenvalue weighted by Crippen LogP contribution is 2.30. The van der Waals surface area contributed by atoms with E-state index in [4.69, 9.17) is 10.5 Å². The Hall–Kier alpha value is -3.15. The van der Waals surface area contributed by atoms with Crippen LogP contribution in [0.2, 0.25) is 0 Å². The molecule has 0 amide bonds. The molecule has 0 aliphatic rings. The Labute approximate surface area is 145 Å². The molecule has 25 heavy (non-hydrogen) atoms. The summed E-state index contributed by atoms with van der Waals surface area (Å²) in [5, 5.41) is 3.12. The van der Waals surface area contributed by atoms with Crippen LogP contribution in [0.5, 0.6) is 11.6 Å². The molecule has 0 atom stereocenters. The molecule has 0 spiro atoms. The maximum absolute atomic E-state index is 12.9. The van der Waals surface area contributed by atoms with Crippen LogP contribution in [0.1, 0.15) is 16.7 Å². The summed E-state index contributed by atoms with van der Waals surface area (Å²) in [5.74, 6) is 1.16. The van der Waals surface area contributed by atoms with Crippen molar-refractivity contribution in [2.75, 3.05) is 11.1 Å². The van der Waals surface area contributed by atoms with Gasteiger partial charge in [0, 0.05) is 6.54 Å². The molecule has 3 N–H and O–H groups in total. The molecule has 3 aromatic rings. The fourth-order valence-corrected chi connectivity index (χ4v) is 2.28. The van der Waals surface area contributed by atoms with Crippen LogP contribution in [0.4, 0.5) is 15.9 Å². The molecular formula is C19H19FN4O. The van der Waals surface area contributed by atoms with E-state index in [0.717, 1.165) is 11.1 Å². The zero-order valence-electron chi connectivity index (χ0n) is 14.1. The van der Waals surface area contributed by atoms with Crippen molar-refractivity contribution < 1.29 is 9.13 Å². The summed E-state index contributed by atoms with van der Waals surface area (Å²) in [4.78, 5) is 8.25. The van der Waals surface area contributed by atoms with Crippen molar-refractivity contribution in [2.45, 2.75) is 20.4 Å². The minimum atomic E-state index is -0.269. The van der Waals surface area contributed by atoms with Gasteiger partial charge in [-0.2, -0.15) is 4.98 Å². The van der Waals surface area contributed by atoms with Gasteiger partial charge in [0.25, 0.3) is 0 Å². The van der Waals surface area contributed by atoms with Gasteiger partial charge in [-0.1, -0.05) is 18.2 Å². The van der Waals surface area contributed by atoms with E-state index in [9.17, 15) is 4.39 Å². The number of ether oxygens (including phenoxy) is 1. The van der Waals surface area contributed by atoms with E-state index in [0.29, 0.717) is 29.7 Å². The van der Waals surface area contributed by atoms with Crippen molar-refractivity contribution >= 4 is 11.5 Å². The number of nitrogen functional groups attached to an aromatic ring is 1. The standard InChI is InChI=1S/C19H19FN4O/c1-12-3-8-16(9-13(12)2)25-19-17(21)18(23-11-24-19)22-10-14-4-6-15(20)7-5-14/h3-9,11H,10,21H2,1-2H3,(H,22,23,24). The third-order valence-corrected chi connectivity index (χ3v) is 3.91. The second-order valence-electron chi connectivity index (χ2n) is 5.77. The quantitative estimate of drug-likeness (QED) is 0.729. The second kappa shape index (κ2) is 7.17. The number of aryl methyl sites for hydroxylation is 2. The Morgan fingerprint density at radius 1 is 1.04 bits per heavy atom. The summed E-state index contributed by atoms with van der Waals surface area (Å²) in [6.07, 6.45) is 1.39. The van der Waals surface area contributed by atoms with Gasteiger partial charge in [0.2, 0.25) is 5.88 Å². The summed E-state index contributed by atoms with van der Waals surface area (Å²) in [7, 11) is 0. The van der Waals surface area contributed by atoms with Crippen molar-refractivity contribution in [3.05, 3.63) is 71.3 Å². The van der Waals surface area contributed by atoms with Crippen LogP contribution in [0, 0.1) is 19.7 Å². The second-order valence-corrected chi connectivity index (χ2v) is 5.77. The summed E-state index contributed by atoms with van der Waals surface area (Å²) < 4.78 is 18.7. The number of rotatable bonds is 5. The van der Waals surface area contributed by atoms with E-state index < -0.39 is 0 Å². The highest BCUT2D eigenvalue weighted by Gasteiger charge is 2.10. The van der Waals surface area contributed by atoms with Gasteiger partial charge in [-0.05, 0) is 54.8 Å². The Morgan fingerprint density at radius 3 is 2.52 bits per heavy atom. The monoisotopic (exact) mass is 338 g/mol. The van der Waals surface area contributed by atoms with Crippen molar-refractivity contribution in [1.29, 1.82) is 0 Å². The minimum Gasteiger partial charge on any atom is -0.437 e. The van der Waals surface area contributed by atoms with Crippen molar-refractivity contribution in [2.24, 2.45) is 0 Å². The van der Waals surface area contributed by atoms with E-state index in [1.807, 2.05) is 32.0 Å². The molecule has 0 fully saturated rings. The van der Waals surface area contributed by atoms with Gasteiger partial charge in [0.15, 0.2) is 5.82 Å². The molecule has 0 unspecified atom stereocenters. The number of halogens is 1. The van der Waals surface area contributed by atoms with E-state index in [-0.39, 0.29) is 5.82 Å². The molecule has 1 aromatic heterocycles. The van der Waals surface area contributed by atoms with E-state index >= 15 is 0 Å². The van der Waals surface area contributed by atoms with Crippen LogP contribution in [0.15, 0.2) is 48.8 Å². The molecule has 0 radical (unpaired) electrons. The van der Waals surface area contributed by atoms with Crippen molar-refractivity contribution in [1.82, 2.24) is 9.97 Å². The lowest BCUT2D eigenvalue weighted by Gasteiger charge is -2.12. The van der Waals surface area contributed by atoms with Crippen molar-refractivity contribution in [3.63, 3.8) is 0 Å². The van der Waals surface area contributed by atoms with Gasteiger partial charge in [-0.25, -0.2) is 9.37 Å². The van der Waals surface area contributed by atoms with Crippen LogP contribution < -0.4 is 15.8 Å². The highest BCUT2D eigenvalue weighted by molar-refractivity contribution is 5.67. The van der Waals surface area contributed by atoms with Gasteiger partial charge in [0.05, 0.1) is 0 Å². The first-order chi connectivity index (χ1) is 12.0. The van der Waals surface area contributed by atoms with Gasteiger partial charge < -0.3 is 15.8 Å². The molecule has 0 saturated carbocycles. The zero-order valence-corrected chi connectivity index (χ0v) is 14.1. The van der Waals surface area contributed by atoms with Gasteiger partial charge >= 0.3 is 0 Å². The maximum atomic E-state index is 12.9. The molecule has 0 aliphatic heterocycles. The lowest BCUT2D eigenvalue weighted by atomic mass is 10.1. The molecule has 5 nitrogen and oxygen atoms in total. The van der Waals surface area contributed by atoms with Gasteiger partial charge in [-0.15, -0.1) is 0 Å². The number of aromatic nitrogens is 2. The summed E-state index contributed by atoms with van der Waals surface area (Å²) in [6.45, 7) is 4.52. The molecule has 2 aromatic carbocycles. The fraction of sp³-hybridized carbons (Fsp3) is 0.158. The van der Waals surface area contributed by atoms with Crippen LogP contribution >= 0.6 is 0 Å². The first kappa shape index (κ1) is 16.7. The predicted molar refractivity (Wildman–Crippen MR) is 96.2 cm³/mol. The molecule has 128 valence electrons. The van der Waals surface area contributed by atoms with Crippen LogP contribution in [-0.2, 0) is 6.54 Å². The smallest absolute Gasteiger partial charge is 0.248 e. The average molecular weight is 338 g/mol. The SMILES string of the molecule is Cc1ccc(Oc2ncnc(NCc3ccc(F)cc3)c2N)cc1C. The van der Waals surface area contributed by atoms with Crippen molar-refractivity contribution in [3.8, 4) is 11.6 Å². The Morgan fingerprint density at radius 2 is 1.80 bits per heavy atom. The lowest BCUT2D eigenvalue weighted by Crippen LogP contribution is -2.06. The Kier molecular flexibility index (Phi) is 4.79. The minimum absolute atomic E-state index is 0.269. The number of anilines is 2. The normalized spacial score (nSPS) is 10.5. The number of nitrogens with zero attached hydrogens (tertiary/aromatic N) is 2. The lowest BCUT2D eigenvalue weighted by molar-refractivity contribution is 0.464. The third-order valence-electron chi connectivity index (χ3n) is 3.91. The largest absolute Gasteiger partial charge is 0.437 e. The van der Waals surface area contributed by atoms with Crippen LogP contribution in [-0.4, -0.2) is 9.97 Å². The number of nitrogens with one attached hydrogen (secondary N) is 1.